The summed E-state index contributed by atoms with van der Waals surface area (Å²) in [6.45, 7) is 2.73. The van der Waals surface area contributed by atoms with Crippen molar-refractivity contribution in [1.29, 1.82) is 0 Å². The van der Waals surface area contributed by atoms with Crippen LogP contribution in [0, 0.1) is 0 Å². The predicted molar refractivity (Wildman–Crippen MR) is 108 cm³/mol. The van der Waals surface area contributed by atoms with Gasteiger partial charge in [0.05, 0.1) is 6.54 Å². The Morgan fingerprint density at radius 3 is 2.45 bits per heavy atom. The van der Waals surface area contributed by atoms with Crippen molar-refractivity contribution >= 4 is 29.3 Å². The number of anilines is 1. The van der Waals surface area contributed by atoms with E-state index in [9.17, 15) is 18.4 Å². The highest BCUT2D eigenvalue weighted by Gasteiger charge is 2.21. The summed E-state index contributed by atoms with van der Waals surface area (Å²) >= 11 is 0.468. The van der Waals surface area contributed by atoms with Gasteiger partial charge in [0.1, 0.15) is 0 Å². The monoisotopic (exact) mass is 420 g/mol. The molecule has 2 aromatic rings. The fraction of sp³-hybridized carbons (Fsp3) is 0.350. The first-order valence-corrected chi connectivity index (χ1v) is 10.2. The molecule has 9 heteroatoms. The molecule has 0 aliphatic carbocycles. The zero-order valence-corrected chi connectivity index (χ0v) is 16.6. The Hall–Kier alpha value is -2.52. The summed E-state index contributed by atoms with van der Waals surface area (Å²) in [4.78, 5) is 33.1. The summed E-state index contributed by atoms with van der Waals surface area (Å²) in [6.07, 6.45) is 3.98. The molecule has 0 bridgehead atoms. The maximum Gasteiger partial charge on any atom is 0.288 e. The zero-order chi connectivity index (χ0) is 20.6. The quantitative estimate of drug-likeness (QED) is 0.728. The number of hydrogen-bond acceptors (Lipinski definition) is 5. The maximum absolute atomic E-state index is 12.6. The maximum atomic E-state index is 12.6. The van der Waals surface area contributed by atoms with Crippen molar-refractivity contribution in [2.24, 2.45) is 0 Å². The van der Waals surface area contributed by atoms with Gasteiger partial charge in [0.2, 0.25) is 5.91 Å². The highest BCUT2D eigenvalue weighted by Crippen LogP contribution is 2.26. The average molecular weight is 420 g/mol. The minimum Gasteiger partial charge on any atom is -0.337 e. The molecule has 1 aromatic carbocycles. The van der Waals surface area contributed by atoms with E-state index in [1.54, 1.807) is 53.7 Å². The molecule has 0 radical (unpaired) electrons. The van der Waals surface area contributed by atoms with Crippen molar-refractivity contribution in [2.45, 2.75) is 17.1 Å². The smallest absolute Gasteiger partial charge is 0.288 e. The molecule has 0 atom stereocenters. The van der Waals surface area contributed by atoms with E-state index in [1.165, 1.54) is 0 Å². The van der Waals surface area contributed by atoms with Crippen molar-refractivity contribution < 1.29 is 18.4 Å². The van der Waals surface area contributed by atoms with Crippen LogP contribution < -0.4 is 5.32 Å². The van der Waals surface area contributed by atoms with Crippen LogP contribution in [-0.4, -0.2) is 65.1 Å². The second kappa shape index (κ2) is 10.3. The van der Waals surface area contributed by atoms with E-state index in [2.05, 4.69) is 10.3 Å². The summed E-state index contributed by atoms with van der Waals surface area (Å²) in [5.41, 5.74) is 1.18. The third-order valence-electron chi connectivity index (χ3n) is 4.53. The lowest BCUT2D eigenvalue weighted by atomic mass is 10.2. The molecular formula is C20H22F2N4O2S. The zero-order valence-electron chi connectivity index (χ0n) is 15.8. The fourth-order valence-electron chi connectivity index (χ4n) is 3.13. The third kappa shape index (κ3) is 6.50. The Morgan fingerprint density at radius 1 is 1.03 bits per heavy atom. The number of carbonyl (C=O) groups is 2. The number of nitrogens with zero attached hydrogens (tertiary/aromatic N) is 3. The molecule has 1 N–H and O–H groups in total. The van der Waals surface area contributed by atoms with Gasteiger partial charge in [-0.3, -0.25) is 19.5 Å². The van der Waals surface area contributed by atoms with Gasteiger partial charge in [0, 0.05) is 54.7 Å². The number of alkyl halides is 2. The second-order valence-corrected chi connectivity index (χ2v) is 7.67. The number of hydrogen-bond donors (Lipinski definition) is 1. The molecular weight excluding hydrogens is 398 g/mol. The summed E-state index contributed by atoms with van der Waals surface area (Å²) in [6, 6.07) is 9.73. The molecule has 0 spiro atoms. The van der Waals surface area contributed by atoms with Crippen molar-refractivity contribution in [3.63, 3.8) is 0 Å². The minimum atomic E-state index is -2.47. The number of carbonyl (C=O) groups excluding carboxylic acids is 2. The Bertz CT molecular complexity index is 821. The lowest BCUT2D eigenvalue weighted by molar-refractivity contribution is -0.117. The van der Waals surface area contributed by atoms with Crippen LogP contribution in [0.2, 0.25) is 0 Å². The van der Waals surface area contributed by atoms with E-state index >= 15 is 0 Å². The normalized spacial score (nSPS) is 15.2. The molecule has 1 saturated heterocycles. The van der Waals surface area contributed by atoms with E-state index in [0.29, 0.717) is 47.5 Å². The van der Waals surface area contributed by atoms with Gasteiger partial charge < -0.3 is 10.2 Å². The van der Waals surface area contributed by atoms with Gasteiger partial charge in [-0.25, -0.2) is 0 Å². The number of amides is 2. The van der Waals surface area contributed by atoms with Crippen LogP contribution in [0.15, 0.2) is 53.7 Å². The topological polar surface area (TPSA) is 65.5 Å². The van der Waals surface area contributed by atoms with E-state index in [4.69, 9.17) is 0 Å². The summed E-state index contributed by atoms with van der Waals surface area (Å²) in [5, 5.41) is 2.79. The van der Waals surface area contributed by atoms with Crippen molar-refractivity contribution in [1.82, 2.24) is 14.8 Å². The fourth-order valence-corrected chi connectivity index (χ4v) is 3.63. The first-order valence-electron chi connectivity index (χ1n) is 9.27. The molecule has 0 unspecified atom stereocenters. The standard InChI is InChI=1S/C20H22F2N4O2S/c21-20(22)29-17-4-2-16(3-5-17)24-18(27)14-25-10-1-11-26(13-12-25)19(28)15-6-8-23-9-7-15/h2-9,20H,1,10-14H2,(H,24,27). The summed E-state index contributed by atoms with van der Waals surface area (Å²) in [7, 11) is 0. The molecule has 0 saturated carbocycles. The number of thioether (sulfide) groups is 1. The first-order chi connectivity index (χ1) is 14.0. The van der Waals surface area contributed by atoms with Crippen molar-refractivity contribution in [3.05, 3.63) is 54.4 Å². The van der Waals surface area contributed by atoms with Crippen LogP contribution in [0.4, 0.5) is 14.5 Å². The van der Waals surface area contributed by atoms with Gasteiger partial charge in [0.15, 0.2) is 0 Å². The van der Waals surface area contributed by atoms with Crippen LogP contribution >= 0.6 is 11.8 Å². The number of rotatable bonds is 6. The van der Waals surface area contributed by atoms with Crippen LogP contribution in [-0.2, 0) is 4.79 Å². The van der Waals surface area contributed by atoms with E-state index in [1.807, 2.05) is 4.90 Å². The molecule has 1 aromatic heterocycles. The molecule has 6 nitrogen and oxygen atoms in total. The molecule has 2 amide bonds. The van der Waals surface area contributed by atoms with Gasteiger partial charge in [-0.1, -0.05) is 11.8 Å². The lowest BCUT2D eigenvalue weighted by Crippen LogP contribution is -2.38. The number of benzene rings is 1. The number of aromatic nitrogens is 1. The second-order valence-electron chi connectivity index (χ2n) is 6.61. The first kappa shape index (κ1) is 21.2. The number of nitrogens with one attached hydrogen (secondary N) is 1. The van der Waals surface area contributed by atoms with Crippen LogP contribution in [0.5, 0.6) is 0 Å². The van der Waals surface area contributed by atoms with Crippen molar-refractivity contribution in [2.75, 3.05) is 38.0 Å². The molecule has 1 aliphatic heterocycles. The molecule has 1 aliphatic rings. The van der Waals surface area contributed by atoms with Crippen molar-refractivity contribution in [3.8, 4) is 0 Å². The van der Waals surface area contributed by atoms with Gasteiger partial charge in [-0.15, -0.1) is 0 Å². The van der Waals surface area contributed by atoms with Crippen LogP contribution in [0.3, 0.4) is 0 Å². The highest BCUT2D eigenvalue weighted by atomic mass is 32.2. The predicted octanol–water partition coefficient (Wildman–Crippen LogP) is 3.18. The summed E-state index contributed by atoms with van der Waals surface area (Å²) < 4.78 is 24.7. The SMILES string of the molecule is O=C(CN1CCCN(C(=O)c2ccncc2)CC1)Nc1ccc(SC(F)F)cc1. The molecule has 2 heterocycles. The Morgan fingerprint density at radius 2 is 1.76 bits per heavy atom. The Balaban J connectivity index is 1.48. The Labute approximate surface area is 172 Å². The van der Waals surface area contributed by atoms with Gasteiger partial charge >= 0.3 is 0 Å². The van der Waals surface area contributed by atoms with Gasteiger partial charge in [-0.05, 0) is 42.8 Å². The van der Waals surface area contributed by atoms with E-state index in [-0.39, 0.29) is 18.4 Å². The van der Waals surface area contributed by atoms with Crippen LogP contribution in [0.1, 0.15) is 16.8 Å². The highest BCUT2D eigenvalue weighted by molar-refractivity contribution is 7.99. The van der Waals surface area contributed by atoms with Gasteiger partial charge in [-0.2, -0.15) is 8.78 Å². The number of halogens is 2. The largest absolute Gasteiger partial charge is 0.337 e. The summed E-state index contributed by atoms with van der Waals surface area (Å²) in [5.74, 6) is -2.67. The number of pyridine rings is 1. The molecule has 154 valence electrons. The average Bonchev–Trinajstić information content (AvgIpc) is 2.95. The van der Waals surface area contributed by atoms with E-state index < -0.39 is 5.76 Å². The minimum absolute atomic E-state index is 0.0274. The third-order valence-corrected chi connectivity index (χ3v) is 5.26. The van der Waals surface area contributed by atoms with Gasteiger partial charge in [0.25, 0.3) is 11.7 Å². The van der Waals surface area contributed by atoms with Crippen LogP contribution in [0.25, 0.3) is 0 Å². The Kier molecular flexibility index (Phi) is 7.54. The lowest BCUT2D eigenvalue weighted by Gasteiger charge is -2.21. The molecule has 3 rings (SSSR count). The molecule has 1 fully saturated rings. The van der Waals surface area contributed by atoms with E-state index in [0.717, 1.165) is 13.0 Å². The molecule has 29 heavy (non-hydrogen) atoms.